The standard InChI is InChI=1S/C78H127N13O16S/c1-18-20-37-90-48-67(95)84(12)63(45-55-31-25-22-26-32-55)72(99)79-57(35-36-65(93)83-108(17,106)107)74(101)86(14)62(44-53(9)10)73(100)82-69(54(11)92)78(105)91(38-21-19-2)49-68(96)85(13)64(46-56-33-27-23-28-34-56)77(104)88(16)61(43-52(7)8)71(98)80-58(41-50(3)4)75(102)87(15)60(42-51(5)6)70(97)81-59(47-66(90)94)76(103)89-39-29-24-30-40-89/h22-23,25-28,31-34,50-54,57-64,69,71,80,92,98H,18-21,24,29-30,35-49H2,1-17H3,(H,79,99)(H,81,97)(H,82,100)(H,83,93)/t54-,57?,58+,59+,60+,61+,62+,63+,64+,69+,71?/m1/s1. The number of sulfonamides is 1. The molecule has 0 bridgehead atoms. The summed E-state index contributed by atoms with van der Waals surface area (Å²) in [4.78, 5) is 191. The Morgan fingerprint density at radius 3 is 1.46 bits per heavy atom. The molecule has 2 saturated heterocycles. The van der Waals surface area contributed by atoms with Crippen LogP contribution in [-0.2, 0) is 80.4 Å². The highest BCUT2D eigenvalue weighted by Gasteiger charge is 2.44. The number of nitrogens with zero attached hydrogens (tertiary/aromatic N) is 8. The van der Waals surface area contributed by atoms with E-state index in [1.165, 1.54) is 66.7 Å². The molecular formula is C78H127N13O16S. The number of likely N-dealkylation sites (N-methyl/N-ethyl adjacent to an activating group) is 5. The van der Waals surface area contributed by atoms with Gasteiger partial charge in [-0.15, -0.1) is 0 Å². The molecule has 606 valence electrons. The Morgan fingerprint density at radius 2 is 0.981 bits per heavy atom. The second-order valence-electron chi connectivity index (χ2n) is 31.1. The zero-order valence-corrected chi connectivity index (χ0v) is 67.9. The van der Waals surface area contributed by atoms with E-state index in [9.17, 15) is 28.2 Å². The Balaban J connectivity index is 2.05. The Morgan fingerprint density at radius 1 is 0.528 bits per heavy atom. The van der Waals surface area contributed by atoms with E-state index in [2.05, 4.69) is 21.3 Å². The molecule has 30 heteroatoms. The van der Waals surface area contributed by atoms with Crippen molar-refractivity contribution in [3.05, 3.63) is 71.8 Å². The molecule has 2 aromatic carbocycles. The molecule has 7 N–H and O–H groups in total. The number of carbonyl (C=O) groups excluding carboxylic acids is 12. The molecular weight excluding hydrogens is 1410 g/mol. The predicted molar refractivity (Wildman–Crippen MR) is 412 cm³/mol. The molecule has 4 rings (SSSR count). The van der Waals surface area contributed by atoms with E-state index in [0.717, 1.165) is 22.5 Å². The summed E-state index contributed by atoms with van der Waals surface area (Å²) in [6, 6.07) is 4.73. The Hall–Kier alpha value is -8.09. The number of likely N-dealkylation sites (tertiary alicyclic amines) is 1. The number of aliphatic hydroxyl groups excluding tert-OH is 2. The number of carbonyl (C=O) groups is 12. The first-order valence-electron chi connectivity index (χ1n) is 38.5. The molecule has 12 amide bonds. The third-order valence-electron chi connectivity index (χ3n) is 19.9. The van der Waals surface area contributed by atoms with Crippen molar-refractivity contribution in [2.24, 2.45) is 23.7 Å². The highest BCUT2D eigenvalue weighted by molar-refractivity contribution is 7.89. The van der Waals surface area contributed by atoms with Crippen LogP contribution in [0.2, 0.25) is 0 Å². The Labute approximate surface area is 641 Å². The average molecular weight is 1540 g/mol. The van der Waals surface area contributed by atoms with Crippen LogP contribution in [-0.4, -0.2) is 276 Å². The van der Waals surface area contributed by atoms with Gasteiger partial charge in [-0.05, 0) is 106 Å². The number of aliphatic hydroxyl groups is 2. The smallest absolute Gasteiger partial charge is 0.248 e. The van der Waals surface area contributed by atoms with Gasteiger partial charge in [0.25, 0.3) is 0 Å². The number of unbranched alkanes of at least 4 members (excludes halogenated alkanes) is 2. The molecule has 29 nitrogen and oxygen atoms in total. The minimum absolute atomic E-state index is 0.00782. The van der Waals surface area contributed by atoms with Crippen LogP contribution in [0.4, 0.5) is 0 Å². The van der Waals surface area contributed by atoms with Crippen molar-refractivity contribution in [1.82, 2.24) is 65.2 Å². The van der Waals surface area contributed by atoms with Crippen LogP contribution in [0.25, 0.3) is 0 Å². The van der Waals surface area contributed by atoms with Gasteiger partial charge in [-0.25, -0.2) is 8.42 Å². The summed E-state index contributed by atoms with van der Waals surface area (Å²) in [7, 11) is 2.83. The molecule has 2 unspecified atom stereocenters. The van der Waals surface area contributed by atoms with Crippen molar-refractivity contribution in [3.8, 4) is 0 Å². The van der Waals surface area contributed by atoms with E-state index in [0.29, 0.717) is 62.7 Å². The molecule has 2 aromatic rings. The van der Waals surface area contributed by atoms with Crippen molar-refractivity contribution in [2.75, 3.05) is 80.8 Å². The largest absolute Gasteiger partial charge is 0.391 e. The minimum atomic E-state index is -4.13. The lowest BCUT2D eigenvalue weighted by atomic mass is 9.96. The van der Waals surface area contributed by atoms with Crippen molar-refractivity contribution in [1.29, 1.82) is 0 Å². The molecule has 0 radical (unpaired) electrons. The van der Waals surface area contributed by atoms with Gasteiger partial charge in [0.1, 0.15) is 48.5 Å². The van der Waals surface area contributed by atoms with Gasteiger partial charge in [0.15, 0.2) is 0 Å². The van der Waals surface area contributed by atoms with E-state index in [1.54, 1.807) is 79.4 Å². The summed E-state index contributed by atoms with van der Waals surface area (Å²) in [6.45, 7) is 19.1. The second-order valence-corrected chi connectivity index (χ2v) is 32.9. The third-order valence-corrected chi connectivity index (χ3v) is 20.5. The molecule has 0 aliphatic carbocycles. The van der Waals surface area contributed by atoms with Gasteiger partial charge in [0, 0.05) is 80.7 Å². The van der Waals surface area contributed by atoms with E-state index in [-0.39, 0.29) is 75.3 Å². The number of amides is 12. The number of benzene rings is 2. The molecule has 0 spiro atoms. The normalized spacial score (nSPS) is 24.2. The van der Waals surface area contributed by atoms with Gasteiger partial charge < -0.3 is 65.4 Å². The molecule has 2 aliphatic heterocycles. The molecule has 0 saturated carbocycles. The van der Waals surface area contributed by atoms with Crippen LogP contribution in [0.3, 0.4) is 0 Å². The maximum atomic E-state index is 15.5. The van der Waals surface area contributed by atoms with E-state index in [1.807, 2.05) is 60.1 Å². The summed E-state index contributed by atoms with van der Waals surface area (Å²) in [6.07, 6.45) is -0.303. The van der Waals surface area contributed by atoms with Gasteiger partial charge in [-0.1, -0.05) is 143 Å². The van der Waals surface area contributed by atoms with Gasteiger partial charge in [-0.2, -0.15) is 0 Å². The third kappa shape index (κ3) is 29.1. The zero-order chi connectivity index (χ0) is 81.0. The van der Waals surface area contributed by atoms with E-state index in [4.69, 9.17) is 0 Å². The fourth-order valence-electron chi connectivity index (χ4n) is 13.6. The van der Waals surface area contributed by atoms with E-state index < -0.39 is 180 Å². The zero-order valence-electron chi connectivity index (χ0n) is 67.1. The number of piperidine rings is 1. The molecule has 2 heterocycles. The maximum Gasteiger partial charge on any atom is 0.248 e. The monoisotopic (exact) mass is 1530 g/mol. The number of hydrogen-bond donors (Lipinski definition) is 7. The highest BCUT2D eigenvalue weighted by Crippen LogP contribution is 2.24. The van der Waals surface area contributed by atoms with Crippen molar-refractivity contribution in [2.45, 2.75) is 246 Å². The van der Waals surface area contributed by atoms with Crippen LogP contribution in [0.1, 0.15) is 177 Å². The Bertz CT molecular complexity index is 3410. The lowest BCUT2D eigenvalue weighted by Gasteiger charge is -2.40. The molecule has 2 aliphatic rings. The minimum Gasteiger partial charge on any atom is -0.391 e. The molecule has 11 atom stereocenters. The van der Waals surface area contributed by atoms with Crippen LogP contribution in [0.15, 0.2) is 60.7 Å². The number of nitrogens with one attached hydrogen (secondary N) is 5. The number of rotatable bonds is 24. The lowest BCUT2D eigenvalue weighted by Crippen LogP contribution is -2.62. The summed E-state index contributed by atoms with van der Waals surface area (Å²) in [5.41, 5.74) is 1.20. The van der Waals surface area contributed by atoms with Gasteiger partial charge in [0.2, 0.25) is 80.9 Å². The quantitative estimate of drug-likeness (QED) is 0.0791. The highest BCUT2D eigenvalue weighted by atomic mass is 32.2. The van der Waals surface area contributed by atoms with E-state index >= 15 is 47.9 Å². The first-order valence-corrected chi connectivity index (χ1v) is 40.4. The SMILES string of the molecule is CCCCN1CC(=O)N(C)[C@@H](Cc2ccccc2)C(=O)NC(CCC(=O)NS(C)(=O)=O)C(=O)N(C)[C@@H](CC(C)C)C(=O)N[C@@H]([C@@H](C)O)C(=O)N(CCCC)CC(=O)N(C)[C@@H](Cc2ccccc2)C(=O)N(C)[C@@H](CC(C)C)C(O)N[C@@H](CC(C)C)C(=O)N(C)[C@@H](CC(C)C)C(=O)N[C@H](C(=O)N2CCCCC2)CC1=O. The van der Waals surface area contributed by atoms with Crippen LogP contribution >= 0.6 is 0 Å². The summed E-state index contributed by atoms with van der Waals surface area (Å²) in [5.74, 6) is -10.4. The fourth-order valence-corrected chi connectivity index (χ4v) is 14.1. The molecule has 0 aromatic heterocycles. The maximum absolute atomic E-state index is 15.5. The van der Waals surface area contributed by atoms with Gasteiger partial charge >= 0.3 is 0 Å². The first-order chi connectivity index (χ1) is 50.7. The van der Waals surface area contributed by atoms with Crippen molar-refractivity contribution in [3.63, 3.8) is 0 Å². The Kier molecular flexibility index (Phi) is 38.1. The first kappa shape index (κ1) is 92.3. The summed E-state index contributed by atoms with van der Waals surface area (Å²) >= 11 is 0. The van der Waals surface area contributed by atoms with Gasteiger partial charge in [-0.3, -0.25) is 67.6 Å². The molecule has 108 heavy (non-hydrogen) atoms. The summed E-state index contributed by atoms with van der Waals surface area (Å²) < 4.78 is 26.5. The average Bonchev–Trinajstić information content (AvgIpc) is 0.819. The molecule has 2 fully saturated rings. The van der Waals surface area contributed by atoms with Crippen molar-refractivity contribution >= 4 is 80.9 Å². The second kappa shape index (κ2) is 44.5. The number of hydrogen-bond acceptors (Lipinski definition) is 17. The summed E-state index contributed by atoms with van der Waals surface area (Å²) in [5, 5.41) is 35.6. The topological polar surface area (TPSA) is 366 Å². The van der Waals surface area contributed by atoms with Crippen LogP contribution in [0, 0.1) is 23.7 Å². The predicted octanol–water partition coefficient (Wildman–Crippen LogP) is 3.43. The lowest BCUT2D eigenvalue weighted by molar-refractivity contribution is -0.151. The van der Waals surface area contributed by atoms with Crippen LogP contribution < -0.4 is 26.0 Å². The van der Waals surface area contributed by atoms with Gasteiger partial charge in [0.05, 0.1) is 44.0 Å². The van der Waals surface area contributed by atoms with Crippen molar-refractivity contribution < 1.29 is 76.2 Å². The fraction of sp³-hybridized carbons (Fsp3) is 0.692. The van der Waals surface area contributed by atoms with Crippen LogP contribution in [0.5, 0.6) is 0 Å².